The summed E-state index contributed by atoms with van der Waals surface area (Å²) in [5.74, 6) is 1.06. The van der Waals surface area contributed by atoms with Crippen LogP contribution in [-0.2, 0) is 19.3 Å². The van der Waals surface area contributed by atoms with Crippen molar-refractivity contribution in [3.63, 3.8) is 0 Å². The number of ether oxygens (including phenoxy) is 1. The van der Waals surface area contributed by atoms with Gasteiger partial charge in [-0.05, 0) is 60.2 Å². The van der Waals surface area contributed by atoms with Gasteiger partial charge in [0, 0.05) is 6.42 Å². The van der Waals surface area contributed by atoms with Gasteiger partial charge in [-0.15, -0.1) is 0 Å². The largest absolute Gasteiger partial charge is 0.493 e. The van der Waals surface area contributed by atoms with Crippen LogP contribution in [0.1, 0.15) is 40.3 Å². The third-order valence-electron chi connectivity index (χ3n) is 4.79. The Labute approximate surface area is 126 Å². The fourth-order valence-electron chi connectivity index (χ4n) is 3.68. The minimum absolute atomic E-state index is 0.266. The van der Waals surface area contributed by atoms with E-state index in [4.69, 9.17) is 4.74 Å². The van der Waals surface area contributed by atoms with Gasteiger partial charge in [0.25, 0.3) is 0 Å². The van der Waals surface area contributed by atoms with Gasteiger partial charge in [0.05, 0.1) is 12.6 Å². The molecule has 1 heterocycles. The first-order valence-corrected chi connectivity index (χ1v) is 7.90. The molecule has 21 heavy (non-hydrogen) atoms. The van der Waals surface area contributed by atoms with E-state index in [9.17, 15) is 0 Å². The molecule has 2 heteroatoms. The molecule has 1 N–H and O–H groups in total. The molecule has 108 valence electrons. The van der Waals surface area contributed by atoms with Crippen molar-refractivity contribution in [1.29, 1.82) is 0 Å². The number of fused-ring (bicyclic) bond motifs is 2. The van der Waals surface area contributed by atoms with E-state index in [1.54, 1.807) is 0 Å². The second-order valence-corrected chi connectivity index (χ2v) is 6.07. The predicted octanol–water partition coefficient (Wildman–Crippen LogP) is 3.42. The molecule has 0 fully saturated rings. The lowest BCUT2D eigenvalue weighted by atomic mass is 9.94. The molecular weight excluding hydrogens is 258 g/mol. The van der Waals surface area contributed by atoms with Crippen LogP contribution < -0.4 is 10.1 Å². The van der Waals surface area contributed by atoms with Gasteiger partial charge in [0.1, 0.15) is 5.75 Å². The van der Waals surface area contributed by atoms with E-state index in [2.05, 4.69) is 41.7 Å². The van der Waals surface area contributed by atoms with E-state index in [1.807, 2.05) is 7.05 Å². The van der Waals surface area contributed by atoms with E-state index < -0.39 is 0 Å². The smallest absolute Gasteiger partial charge is 0.122 e. The molecule has 2 nitrogen and oxygen atoms in total. The Morgan fingerprint density at radius 2 is 1.67 bits per heavy atom. The zero-order valence-electron chi connectivity index (χ0n) is 12.5. The topological polar surface area (TPSA) is 21.3 Å². The predicted molar refractivity (Wildman–Crippen MR) is 85.0 cm³/mol. The highest BCUT2D eigenvalue weighted by atomic mass is 16.5. The van der Waals surface area contributed by atoms with Gasteiger partial charge in [-0.25, -0.2) is 0 Å². The van der Waals surface area contributed by atoms with Gasteiger partial charge in [-0.1, -0.05) is 30.3 Å². The molecule has 0 amide bonds. The second-order valence-electron chi connectivity index (χ2n) is 6.07. The molecule has 0 radical (unpaired) electrons. The van der Waals surface area contributed by atoms with Crippen molar-refractivity contribution in [3.8, 4) is 5.75 Å². The molecule has 2 aromatic carbocycles. The molecular formula is C19H21NO. The highest BCUT2D eigenvalue weighted by Gasteiger charge is 2.19. The number of hydrogen-bond donors (Lipinski definition) is 1. The standard InChI is InChI=1S/C19H21NO/c1-20-19(16-6-5-13-3-2-4-14(13)11-16)17-7-8-18-15(12-17)9-10-21-18/h5-8,11-12,19-20H,2-4,9-10H2,1H3. The highest BCUT2D eigenvalue weighted by Crippen LogP contribution is 2.32. The second kappa shape index (κ2) is 5.19. The van der Waals surface area contributed by atoms with E-state index in [-0.39, 0.29) is 6.04 Å². The van der Waals surface area contributed by atoms with Crippen molar-refractivity contribution in [1.82, 2.24) is 5.32 Å². The van der Waals surface area contributed by atoms with Crippen molar-refractivity contribution >= 4 is 0 Å². The molecule has 0 spiro atoms. The number of benzene rings is 2. The molecule has 2 aliphatic rings. The van der Waals surface area contributed by atoms with Crippen molar-refractivity contribution in [2.75, 3.05) is 13.7 Å². The van der Waals surface area contributed by atoms with Crippen molar-refractivity contribution < 1.29 is 4.74 Å². The summed E-state index contributed by atoms with van der Waals surface area (Å²) in [6.07, 6.45) is 4.82. The van der Waals surface area contributed by atoms with Gasteiger partial charge in [0.2, 0.25) is 0 Å². The van der Waals surface area contributed by atoms with Gasteiger partial charge in [0.15, 0.2) is 0 Å². The first kappa shape index (κ1) is 12.9. The van der Waals surface area contributed by atoms with E-state index >= 15 is 0 Å². The minimum Gasteiger partial charge on any atom is -0.493 e. The monoisotopic (exact) mass is 279 g/mol. The Bertz CT molecular complexity index is 620. The number of aryl methyl sites for hydroxylation is 2. The summed E-state index contributed by atoms with van der Waals surface area (Å²) in [4.78, 5) is 0. The van der Waals surface area contributed by atoms with Gasteiger partial charge in [-0.2, -0.15) is 0 Å². The summed E-state index contributed by atoms with van der Waals surface area (Å²) < 4.78 is 5.61. The van der Waals surface area contributed by atoms with Crippen molar-refractivity contribution in [3.05, 3.63) is 64.2 Å². The molecule has 0 bridgehead atoms. The third kappa shape index (κ3) is 2.24. The Kier molecular flexibility index (Phi) is 3.19. The summed E-state index contributed by atoms with van der Waals surface area (Å²) in [6.45, 7) is 0.821. The molecule has 2 aromatic rings. The number of rotatable bonds is 3. The van der Waals surface area contributed by atoms with Gasteiger partial charge in [-0.3, -0.25) is 0 Å². The maximum atomic E-state index is 5.61. The van der Waals surface area contributed by atoms with Crippen LogP contribution in [0.3, 0.4) is 0 Å². The minimum atomic E-state index is 0.266. The average Bonchev–Trinajstić information content (AvgIpc) is 3.15. The van der Waals surface area contributed by atoms with E-state index in [1.165, 1.54) is 47.1 Å². The van der Waals surface area contributed by atoms with Crippen LogP contribution >= 0.6 is 0 Å². The van der Waals surface area contributed by atoms with Crippen LogP contribution in [0.25, 0.3) is 0 Å². The van der Waals surface area contributed by atoms with E-state index in [0.29, 0.717) is 0 Å². The molecule has 0 saturated heterocycles. The first-order valence-electron chi connectivity index (χ1n) is 7.90. The molecule has 0 saturated carbocycles. The summed E-state index contributed by atoms with van der Waals surface area (Å²) in [6, 6.07) is 13.9. The van der Waals surface area contributed by atoms with Crippen LogP contribution in [0, 0.1) is 0 Å². The molecule has 0 aromatic heterocycles. The zero-order valence-corrected chi connectivity index (χ0v) is 12.5. The quantitative estimate of drug-likeness (QED) is 0.929. The maximum absolute atomic E-state index is 5.61. The SMILES string of the molecule is CNC(c1ccc2c(c1)CCC2)c1ccc2c(c1)CCO2. The lowest BCUT2D eigenvalue weighted by Gasteiger charge is -2.19. The van der Waals surface area contributed by atoms with Crippen LogP contribution in [0.4, 0.5) is 0 Å². The average molecular weight is 279 g/mol. The Morgan fingerprint density at radius 1 is 0.905 bits per heavy atom. The van der Waals surface area contributed by atoms with Crippen molar-refractivity contribution in [2.45, 2.75) is 31.7 Å². The first-order chi connectivity index (χ1) is 10.3. The van der Waals surface area contributed by atoms with Gasteiger partial charge >= 0.3 is 0 Å². The summed E-state index contributed by atoms with van der Waals surface area (Å²) in [5, 5.41) is 3.48. The third-order valence-corrected chi connectivity index (χ3v) is 4.79. The van der Waals surface area contributed by atoms with Gasteiger partial charge < -0.3 is 10.1 Å². The summed E-state index contributed by atoms with van der Waals surface area (Å²) in [7, 11) is 2.04. The fourth-order valence-corrected chi connectivity index (χ4v) is 3.68. The Hall–Kier alpha value is -1.80. The maximum Gasteiger partial charge on any atom is 0.122 e. The van der Waals surface area contributed by atoms with Crippen LogP contribution in [0.5, 0.6) is 5.75 Å². The zero-order chi connectivity index (χ0) is 14.2. The van der Waals surface area contributed by atoms with Crippen LogP contribution in [0.2, 0.25) is 0 Å². The fraction of sp³-hybridized carbons (Fsp3) is 0.368. The van der Waals surface area contributed by atoms with Crippen LogP contribution in [-0.4, -0.2) is 13.7 Å². The lowest BCUT2D eigenvalue weighted by Crippen LogP contribution is -2.18. The molecule has 4 rings (SSSR count). The molecule has 1 atom stereocenters. The normalized spacial score (nSPS) is 17.2. The molecule has 1 aliphatic heterocycles. The molecule has 1 aliphatic carbocycles. The number of hydrogen-bond acceptors (Lipinski definition) is 2. The van der Waals surface area contributed by atoms with E-state index in [0.717, 1.165) is 18.8 Å². The lowest BCUT2D eigenvalue weighted by molar-refractivity contribution is 0.357. The Morgan fingerprint density at radius 3 is 2.52 bits per heavy atom. The van der Waals surface area contributed by atoms with Crippen LogP contribution in [0.15, 0.2) is 36.4 Å². The molecule has 1 unspecified atom stereocenters. The number of nitrogens with one attached hydrogen (secondary N) is 1. The Balaban J connectivity index is 1.71. The van der Waals surface area contributed by atoms with Crippen molar-refractivity contribution in [2.24, 2.45) is 0 Å². The summed E-state index contributed by atoms with van der Waals surface area (Å²) in [5.41, 5.74) is 7.12. The summed E-state index contributed by atoms with van der Waals surface area (Å²) >= 11 is 0. The highest BCUT2D eigenvalue weighted by molar-refractivity contribution is 5.45.